The number of nitrogens with one attached hydrogen (secondary N) is 1. The van der Waals surface area contributed by atoms with Crippen LogP contribution in [-0.2, 0) is 4.79 Å². The number of urea groups is 1. The van der Waals surface area contributed by atoms with E-state index in [-0.39, 0.29) is 17.9 Å². The lowest BCUT2D eigenvalue weighted by molar-refractivity contribution is -0.137. The summed E-state index contributed by atoms with van der Waals surface area (Å²) in [6, 6.07) is 0.372. The molecule has 0 spiro atoms. The first kappa shape index (κ1) is 14.2. The maximum Gasteiger partial charge on any atom is 0.317 e. The molecule has 0 radical (unpaired) electrons. The molecule has 1 saturated carbocycles. The van der Waals surface area contributed by atoms with Crippen molar-refractivity contribution >= 4 is 12.0 Å². The first-order valence-electron chi connectivity index (χ1n) is 7.16. The lowest BCUT2D eigenvalue weighted by Crippen LogP contribution is -2.45. The van der Waals surface area contributed by atoms with E-state index < -0.39 is 5.97 Å². The Kier molecular flexibility index (Phi) is 4.02. The number of hydrogen-bond donors (Lipinski definition) is 2. The molecule has 1 saturated heterocycles. The van der Waals surface area contributed by atoms with Gasteiger partial charge in [0.05, 0.1) is 0 Å². The van der Waals surface area contributed by atoms with Gasteiger partial charge in [0, 0.05) is 25.6 Å². The summed E-state index contributed by atoms with van der Waals surface area (Å²) in [5, 5.41) is 11.7. The van der Waals surface area contributed by atoms with Gasteiger partial charge < -0.3 is 15.3 Å². The fourth-order valence-electron chi connectivity index (χ4n) is 2.71. The van der Waals surface area contributed by atoms with Crippen molar-refractivity contribution in [1.82, 2.24) is 10.2 Å². The summed E-state index contributed by atoms with van der Waals surface area (Å²) in [5.74, 6) is -0.270. The molecule has 1 aliphatic carbocycles. The highest BCUT2D eigenvalue weighted by Crippen LogP contribution is 2.44. The van der Waals surface area contributed by atoms with Crippen LogP contribution in [-0.4, -0.2) is 41.1 Å². The van der Waals surface area contributed by atoms with Gasteiger partial charge in [0.1, 0.15) is 0 Å². The number of rotatable bonds is 4. The Labute approximate surface area is 114 Å². The fourth-order valence-corrected chi connectivity index (χ4v) is 2.71. The number of likely N-dealkylation sites (tertiary alicyclic amines) is 1. The van der Waals surface area contributed by atoms with Gasteiger partial charge in [0.2, 0.25) is 0 Å². The topological polar surface area (TPSA) is 69.6 Å². The maximum absolute atomic E-state index is 12.0. The summed E-state index contributed by atoms with van der Waals surface area (Å²) in [6.45, 7) is 5.83. The van der Waals surface area contributed by atoms with Crippen molar-refractivity contribution < 1.29 is 14.7 Å². The zero-order valence-corrected chi connectivity index (χ0v) is 11.8. The van der Waals surface area contributed by atoms with Gasteiger partial charge in [-0.05, 0) is 37.0 Å². The monoisotopic (exact) mass is 268 g/mol. The van der Waals surface area contributed by atoms with Crippen molar-refractivity contribution in [3.63, 3.8) is 0 Å². The Bertz CT molecular complexity index is 360. The fraction of sp³-hybridized carbons (Fsp3) is 0.857. The third kappa shape index (κ3) is 3.85. The van der Waals surface area contributed by atoms with Gasteiger partial charge >= 0.3 is 12.0 Å². The van der Waals surface area contributed by atoms with Gasteiger partial charge in [-0.1, -0.05) is 13.8 Å². The standard InChI is InChI=1S/C14H24N2O3/c1-14(2)9-11(14)15-13(19)16-7-5-10(6-8-16)3-4-12(17)18/h10-11H,3-9H2,1-2H3,(H,15,19)(H,17,18). The van der Waals surface area contributed by atoms with Crippen molar-refractivity contribution in [3.05, 3.63) is 0 Å². The molecule has 1 atom stereocenters. The lowest BCUT2D eigenvalue weighted by atomic mass is 9.92. The molecule has 2 amide bonds. The molecule has 0 aromatic heterocycles. The van der Waals surface area contributed by atoms with E-state index in [9.17, 15) is 9.59 Å². The SMILES string of the molecule is CC1(C)CC1NC(=O)N1CCC(CCC(=O)O)CC1. The van der Waals surface area contributed by atoms with E-state index in [1.54, 1.807) is 0 Å². The van der Waals surface area contributed by atoms with Crippen LogP contribution in [0.15, 0.2) is 0 Å². The number of amides is 2. The molecular formula is C14H24N2O3. The van der Waals surface area contributed by atoms with Crippen LogP contribution in [0.3, 0.4) is 0 Å². The van der Waals surface area contributed by atoms with Crippen LogP contribution >= 0.6 is 0 Å². The van der Waals surface area contributed by atoms with Crippen molar-refractivity contribution in [3.8, 4) is 0 Å². The van der Waals surface area contributed by atoms with Crippen molar-refractivity contribution in [1.29, 1.82) is 0 Å². The molecule has 0 bridgehead atoms. The summed E-state index contributed by atoms with van der Waals surface area (Å²) < 4.78 is 0. The minimum absolute atomic E-state index is 0.0484. The second kappa shape index (κ2) is 5.39. The maximum atomic E-state index is 12.0. The summed E-state index contributed by atoms with van der Waals surface area (Å²) in [6.07, 6.45) is 3.89. The van der Waals surface area contributed by atoms with Crippen LogP contribution in [0.25, 0.3) is 0 Å². The Morgan fingerprint density at radius 3 is 2.37 bits per heavy atom. The molecule has 0 aromatic carbocycles. The Balaban J connectivity index is 1.68. The lowest BCUT2D eigenvalue weighted by Gasteiger charge is -2.32. The summed E-state index contributed by atoms with van der Waals surface area (Å²) in [4.78, 5) is 24.4. The summed E-state index contributed by atoms with van der Waals surface area (Å²) in [5.41, 5.74) is 0.259. The predicted octanol–water partition coefficient (Wildman–Crippen LogP) is 2.07. The average molecular weight is 268 g/mol. The second-order valence-electron chi connectivity index (χ2n) is 6.56. The van der Waals surface area contributed by atoms with E-state index in [2.05, 4.69) is 19.2 Å². The number of hydrogen-bond acceptors (Lipinski definition) is 2. The number of carbonyl (C=O) groups is 2. The van der Waals surface area contributed by atoms with Crippen LogP contribution < -0.4 is 5.32 Å². The molecule has 1 unspecified atom stereocenters. The van der Waals surface area contributed by atoms with E-state index in [4.69, 9.17) is 5.11 Å². The normalized spacial score (nSPS) is 26.0. The Hall–Kier alpha value is -1.26. The van der Waals surface area contributed by atoms with Gasteiger partial charge in [0.25, 0.3) is 0 Å². The van der Waals surface area contributed by atoms with Gasteiger partial charge in [-0.3, -0.25) is 4.79 Å². The molecule has 1 aliphatic heterocycles. The minimum atomic E-state index is -0.726. The largest absolute Gasteiger partial charge is 0.481 e. The van der Waals surface area contributed by atoms with Crippen LogP contribution in [0.2, 0.25) is 0 Å². The highest BCUT2D eigenvalue weighted by molar-refractivity contribution is 5.75. The van der Waals surface area contributed by atoms with E-state index in [1.165, 1.54) is 0 Å². The zero-order chi connectivity index (χ0) is 14.0. The molecule has 5 heteroatoms. The van der Waals surface area contributed by atoms with Crippen molar-refractivity contribution in [2.45, 2.75) is 52.0 Å². The van der Waals surface area contributed by atoms with Gasteiger partial charge in [-0.2, -0.15) is 0 Å². The second-order valence-corrected chi connectivity index (χ2v) is 6.56. The minimum Gasteiger partial charge on any atom is -0.481 e. The molecule has 0 aromatic rings. The van der Waals surface area contributed by atoms with Crippen LogP contribution in [0, 0.1) is 11.3 Å². The number of carboxylic acid groups (broad SMARTS) is 1. The Morgan fingerprint density at radius 1 is 1.32 bits per heavy atom. The third-order valence-electron chi connectivity index (χ3n) is 4.48. The van der Waals surface area contributed by atoms with E-state index in [0.29, 0.717) is 12.0 Å². The number of carboxylic acids is 1. The van der Waals surface area contributed by atoms with Crippen molar-refractivity contribution in [2.24, 2.45) is 11.3 Å². The molecule has 2 aliphatic rings. The van der Waals surface area contributed by atoms with E-state index in [1.807, 2.05) is 4.90 Å². The number of carbonyl (C=O) groups excluding carboxylic acids is 1. The predicted molar refractivity (Wildman–Crippen MR) is 71.9 cm³/mol. The molecule has 108 valence electrons. The van der Waals surface area contributed by atoms with Crippen molar-refractivity contribution in [2.75, 3.05) is 13.1 Å². The molecule has 1 heterocycles. The highest BCUT2D eigenvalue weighted by Gasteiger charge is 2.47. The van der Waals surface area contributed by atoms with Gasteiger partial charge in [0.15, 0.2) is 0 Å². The van der Waals surface area contributed by atoms with Crippen LogP contribution in [0.1, 0.15) is 46.0 Å². The average Bonchev–Trinajstić information content (AvgIpc) is 2.94. The molecule has 5 nitrogen and oxygen atoms in total. The number of nitrogens with zero attached hydrogens (tertiary/aromatic N) is 1. The molecule has 2 fully saturated rings. The smallest absolute Gasteiger partial charge is 0.317 e. The van der Waals surface area contributed by atoms with Gasteiger partial charge in [-0.25, -0.2) is 4.79 Å². The quantitative estimate of drug-likeness (QED) is 0.820. The summed E-state index contributed by atoms with van der Waals surface area (Å²) in [7, 11) is 0. The van der Waals surface area contributed by atoms with Gasteiger partial charge in [-0.15, -0.1) is 0 Å². The first-order chi connectivity index (χ1) is 8.88. The molecule has 19 heavy (non-hydrogen) atoms. The highest BCUT2D eigenvalue weighted by atomic mass is 16.4. The molecular weight excluding hydrogens is 244 g/mol. The zero-order valence-electron chi connectivity index (χ0n) is 11.8. The Morgan fingerprint density at radius 2 is 1.89 bits per heavy atom. The van der Waals surface area contributed by atoms with E-state index in [0.717, 1.165) is 38.8 Å². The van der Waals surface area contributed by atoms with Crippen LogP contribution in [0.4, 0.5) is 4.79 Å². The third-order valence-corrected chi connectivity index (χ3v) is 4.48. The summed E-state index contributed by atoms with van der Waals surface area (Å²) >= 11 is 0. The number of piperidine rings is 1. The molecule has 2 N–H and O–H groups in total. The van der Waals surface area contributed by atoms with Crippen LogP contribution in [0.5, 0.6) is 0 Å². The number of aliphatic carboxylic acids is 1. The first-order valence-corrected chi connectivity index (χ1v) is 7.16. The van der Waals surface area contributed by atoms with E-state index >= 15 is 0 Å². The molecule has 2 rings (SSSR count).